The topological polar surface area (TPSA) is 135 Å². The van der Waals surface area contributed by atoms with Crippen molar-refractivity contribution in [1.29, 1.82) is 5.41 Å². The Labute approximate surface area is 201 Å². The molecule has 0 aliphatic heterocycles. The third-order valence-corrected chi connectivity index (χ3v) is 5.46. The van der Waals surface area contributed by atoms with Gasteiger partial charge in [0, 0.05) is 29.3 Å². The van der Waals surface area contributed by atoms with Gasteiger partial charge in [-0.2, -0.15) is 0 Å². The molecule has 8 nitrogen and oxygen atoms in total. The molecule has 0 bridgehead atoms. The summed E-state index contributed by atoms with van der Waals surface area (Å²) in [4.78, 5) is 25.4. The van der Waals surface area contributed by atoms with Crippen molar-refractivity contribution in [3.05, 3.63) is 95.6 Å². The van der Waals surface area contributed by atoms with Crippen molar-refractivity contribution in [3.8, 4) is 16.9 Å². The van der Waals surface area contributed by atoms with Gasteiger partial charge in [-0.05, 0) is 65.0 Å². The summed E-state index contributed by atoms with van der Waals surface area (Å²) in [5.41, 5.74) is 7.79. The third kappa shape index (κ3) is 4.97. The molecule has 8 heteroatoms. The summed E-state index contributed by atoms with van der Waals surface area (Å²) < 4.78 is 10.7. The van der Waals surface area contributed by atoms with Gasteiger partial charge in [0.2, 0.25) is 0 Å². The van der Waals surface area contributed by atoms with E-state index in [0.29, 0.717) is 33.5 Å². The Hall–Kier alpha value is -4.69. The van der Waals surface area contributed by atoms with Gasteiger partial charge >= 0.3 is 5.97 Å². The zero-order valence-corrected chi connectivity index (χ0v) is 18.9. The molecule has 0 saturated heterocycles. The number of amidine groups is 1. The molecule has 4 aromatic rings. The molecule has 0 aliphatic rings. The second-order valence-electron chi connectivity index (χ2n) is 7.72. The largest absolute Gasteiger partial charge is 0.478 e. The highest BCUT2D eigenvalue weighted by Gasteiger charge is 2.20. The van der Waals surface area contributed by atoms with E-state index in [1.165, 1.54) is 13.2 Å². The maximum Gasteiger partial charge on any atom is 0.336 e. The molecule has 0 spiro atoms. The lowest BCUT2D eigenvalue weighted by atomic mass is 9.92. The molecule has 4 aromatic carbocycles. The lowest BCUT2D eigenvalue weighted by molar-refractivity contribution is 0.0522. The molecule has 4 rings (SSSR count). The number of hydrogen-bond acceptors (Lipinski definition) is 5. The summed E-state index contributed by atoms with van der Waals surface area (Å²) in [6.07, 6.45) is 0. The Kier molecular flexibility index (Phi) is 6.75. The van der Waals surface area contributed by atoms with Crippen molar-refractivity contribution in [3.63, 3.8) is 0 Å². The number of nitrogens with one attached hydrogen (secondary N) is 2. The Bertz CT molecular complexity index is 1430. The van der Waals surface area contributed by atoms with E-state index in [1.54, 1.807) is 60.7 Å². The van der Waals surface area contributed by atoms with Crippen molar-refractivity contribution in [2.75, 3.05) is 19.2 Å². The summed E-state index contributed by atoms with van der Waals surface area (Å²) in [7, 11) is 1.52. The summed E-state index contributed by atoms with van der Waals surface area (Å²) in [6, 6.07) is 22.0. The second-order valence-corrected chi connectivity index (χ2v) is 7.72. The third-order valence-electron chi connectivity index (χ3n) is 5.46. The number of carbonyl (C=O) groups excluding carboxylic acids is 1. The molecule has 0 aliphatic carbocycles. The number of aromatic carboxylic acids is 1. The van der Waals surface area contributed by atoms with Gasteiger partial charge in [-0.3, -0.25) is 10.2 Å². The van der Waals surface area contributed by atoms with Crippen molar-refractivity contribution in [2.45, 2.75) is 0 Å². The van der Waals surface area contributed by atoms with Gasteiger partial charge in [-0.1, -0.05) is 30.3 Å². The minimum Gasteiger partial charge on any atom is -0.478 e. The fourth-order valence-electron chi connectivity index (χ4n) is 3.79. The number of hydrogen-bond donors (Lipinski definition) is 4. The molecular formula is C27H23N3O5. The van der Waals surface area contributed by atoms with Gasteiger partial charge in [0.05, 0.1) is 5.56 Å². The molecule has 0 radical (unpaired) electrons. The number of ether oxygens (including phenoxy) is 2. The van der Waals surface area contributed by atoms with Crippen LogP contribution in [0.4, 0.5) is 5.69 Å². The number of carboxylic acids is 1. The highest BCUT2D eigenvalue weighted by molar-refractivity contribution is 6.13. The van der Waals surface area contributed by atoms with Gasteiger partial charge in [-0.25, -0.2) is 4.79 Å². The van der Waals surface area contributed by atoms with E-state index in [2.05, 4.69) is 5.32 Å². The van der Waals surface area contributed by atoms with Gasteiger partial charge in [-0.15, -0.1) is 0 Å². The highest BCUT2D eigenvalue weighted by atomic mass is 16.7. The smallest absolute Gasteiger partial charge is 0.336 e. The fourth-order valence-corrected chi connectivity index (χ4v) is 3.79. The second kappa shape index (κ2) is 10.1. The van der Waals surface area contributed by atoms with Crippen LogP contribution >= 0.6 is 0 Å². The average molecular weight is 469 g/mol. The van der Waals surface area contributed by atoms with Crippen molar-refractivity contribution in [1.82, 2.24) is 0 Å². The molecule has 0 fully saturated rings. The van der Waals surface area contributed by atoms with Crippen LogP contribution in [-0.4, -0.2) is 36.7 Å². The Morgan fingerprint density at radius 2 is 1.69 bits per heavy atom. The number of benzene rings is 4. The standard InChI is InChI=1S/C27H23N3O5/c1-34-15-35-24-8-4-5-17-13-22(19-6-2-3-7-20(19)27(32)33)23(14-21(17)24)26(31)30-18-11-9-16(10-12-18)25(28)29/h2-14H,15H2,1H3,(H3,28,29)(H,30,31)(H,32,33). The first-order valence-electron chi connectivity index (χ1n) is 10.7. The number of carboxylic acid groups (broad SMARTS) is 1. The van der Waals surface area contributed by atoms with Crippen molar-refractivity contribution in [2.24, 2.45) is 5.73 Å². The summed E-state index contributed by atoms with van der Waals surface area (Å²) in [5, 5.41) is 21.6. The molecule has 5 N–H and O–H groups in total. The Balaban J connectivity index is 1.87. The van der Waals surface area contributed by atoms with Crippen LogP contribution in [0.3, 0.4) is 0 Å². The monoisotopic (exact) mass is 469 g/mol. The summed E-state index contributed by atoms with van der Waals surface area (Å²) in [5.74, 6) is -1.07. The molecule has 0 atom stereocenters. The minimum absolute atomic E-state index is 0.0345. The summed E-state index contributed by atoms with van der Waals surface area (Å²) in [6.45, 7) is 0.0345. The molecule has 0 saturated carbocycles. The van der Waals surface area contributed by atoms with Crippen molar-refractivity contribution < 1.29 is 24.2 Å². The van der Waals surface area contributed by atoms with E-state index in [9.17, 15) is 14.7 Å². The van der Waals surface area contributed by atoms with Crippen molar-refractivity contribution >= 4 is 34.2 Å². The molecule has 176 valence electrons. The van der Waals surface area contributed by atoms with Crippen LogP contribution in [0.15, 0.2) is 78.9 Å². The van der Waals surface area contributed by atoms with Gasteiger partial charge in [0.25, 0.3) is 5.91 Å². The van der Waals surface area contributed by atoms with Crippen LogP contribution in [-0.2, 0) is 4.74 Å². The Morgan fingerprint density at radius 3 is 2.37 bits per heavy atom. The quantitative estimate of drug-likeness (QED) is 0.167. The van der Waals surface area contributed by atoms with Crippen LogP contribution in [0.5, 0.6) is 5.75 Å². The zero-order valence-electron chi connectivity index (χ0n) is 18.9. The number of amides is 1. The van der Waals surface area contributed by atoms with Gasteiger partial charge < -0.3 is 25.6 Å². The lowest BCUT2D eigenvalue weighted by Gasteiger charge is -2.16. The number of carbonyl (C=O) groups is 2. The lowest BCUT2D eigenvalue weighted by Crippen LogP contribution is -2.15. The van der Waals surface area contributed by atoms with E-state index in [-0.39, 0.29) is 23.8 Å². The molecule has 35 heavy (non-hydrogen) atoms. The number of nitrogens with two attached hydrogens (primary N) is 1. The first kappa shape index (κ1) is 23.5. The maximum atomic E-state index is 13.5. The van der Waals surface area contributed by atoms with E-state index in [1.807, 2.05) is 12.1 Å². The normalized spacial score (nSPS) is 10.7. The van der Waals surface area contributed by atoms with E-state index in [0.717, 1.165) is 5.39 Å². The van der Waals surface area contributed by atoms with E-state index >= 15 is 0 Å². The molecule has 0 heterocycles. The predicted octanol–water partition coefficient (Wildman–Crippen LogP) is 4.72. The number of anilines is 1. The average Bonchev–Trinajstić information content (AvgIpc) is 2.86. The first-order valence-corrected chi connectivity index (χ1v) is 10.7. The highest BCUT2D eigenvalue weighted by Crippen LogP contribution is 2.35. The van der Waals surface area contributed by atoms with Crippen LogP contribution in [0, 0.1) is 5.41 Å². The number of rotatable bonds is 8. The molecule has 0 aromatic heterocycles. The molecule has 1 amide bonds. The fraction of sp³-hybridized carbons (Fsp3) is 0.0741. The van der Waals surface area contributed by atoms with Crippen LogP contribution in [0.2, 0.25) is 0 Å². The van der Waals surface area contributed by atoms with Gasteiger partial charge in [0.15, 0.2) is 6.79 Å². The molecule has 0 unspecified atom stereocenters. The van der Waals surface area contributed by atoms with Crippen LogP contribution < -0.4 is 15.8 Å². The zero-order chi connectivity index (χ0) is 24.9. The summed E-state index contributed by atoms with van der Waals surface area (Å²) >= 11 is 0. The Morgan fingerprint density at radius 1 is 0.943 bits per heavy atom. The number of fused-ring (bicyclic) bond motifs is 1. The maximum absolute atomic E-state index is 13.5. The predicted molar refractivity (Wildman–Crippen MR) is 134 cm³/mol. The van der Waals surface area contributed by atoms with Crippen LogP contribution in [0.25, 0.3) is 21.9 Å². The van der Waals surface area contributed by atoms with Crippen LogP contribution in [0.1, 0.15) is 26.3 Å². The molecular weight excluding hydrogens is 446 g/mol. The van der Waals surface area contributed by atoms with E-state index in [4.69, 9.17) is 20.6 Å². The first-order chi connectivity index (χ1) is 16.9. The van der Waals surface area contributed by atoms with E-state index < -0.39 is 11.9 Å². The SMILES string of the molecule is COCOc1cccc2cc(-c3ccccc3C(=O)O)c(C(=O)Nc3ccc(C(=N)N)cc3)cc12. The minimum atomic E-state index is -1.09. The van der Waals surface area contributed by atoms with Gasteiger partial charge in [0.1, 0.15) is 11.6 Å². The number of nitrogen functional groups attached to an aromatic ring is 1. The number of methoxy groups -OCH3 is 1.